The van der Waals surface area contributed by atoms with Gasteiger partial charge in [-0.15, -0.1) is 0 Å². The molecule has 1 heterocycles. The van der Waals surface area contributed by atoms with Crippen LogP contribution in [0.5, 0.6) is 0 Å². The number of carbonyl (C=O) groups excluding carboxylic acids is 1. The van der Waals surface area contributed by atoms with Gasteiger partial charge in [0.05, 0.1) is 11.2 Å². The Morgan fingerprint density at radius 1 is 1.29 bits per heavy atom. The summed E-state index contributed by atoms with van der Waals surface area (Å²) < 4.78 is 13.8. The summed E-state index contributed by atoms with van der Waals surface area (Å²) in [5.74, 6) is -0.886. The summed E-state index contributed by atoms with van der Waals surface area (Å²) in [7, 11) is 0. The maximum absolute atomic E-state index is 13.2. The zero-order chi connectivity index (χ0) is 15.0. The zero-order valence-corrected chi connectivity index (χ0v) is 12.2. The Hall–Kier alpha value is -2.41. The Morgan fingerprint density at radius 3 is 2.90 bits per heavy atom. The monoisotopic (exact) mass is 348 g/mol. The maximum atomic E-state index is 13.2. The highest BCUT2D eigenvalue weighted by atomic mass is 79.9. The molecule has 0 bridgehead atoms. The highest BCUT2D eigenvalue weighted by Crippen LogP contribution is 2.25. The summed E-state index contributed by atoms with van der Waals surface area (Å²) in [5.41, 5.74) is 7.49. The number of H-pyrrole nitrogens is 1. The molecule has 0 saturated carbocycles. The fourth-order valence-electron chi connectivity index (χ4n) is 1.98. The Bertz CT molecular complexity index is 846. The molecule has 3 aromatic rings. The van der Waals surface area contributed by atoms with Crippen molar-refractivity contribution in [2.75, 3.05) is 11.1 Å². The van der Waals surface area contributed by atoms with E-state index in [1.54, 1.807) is 18.2 Å². The standard InChI is InChI=1S/C14H10BrFN4O/c15-10-3-1-7(16)5-12(10)18-14(21)13-9-6-8(17)2-4-11(9)19-20-13/h1-6H,17H2,(H,18,21)(H,19,20). The first-order chi connectivity index (χ1) is 10.0. The number of halogens is 2. The number of nitrogens with one attached hydrogen (secondary N) is 2. The SMILES string of the molecule is Nc1ccc2[nH]nc(C(=O)Nc3cc(F)ccc3Br)c2c1. The van der Waals surface area contributed by atoms with Gasteiger partial charge in [-0.05, 0) is 52.3 Å². The lowest BCUT2D eigenvalue weighted by Gasteiger charge is -2.06. The number of fused-ring (bicyclic) bond motifs is 1. The first kappa shape index (κ1) is 13.6. The van der Waals surface area contributed by atoms with Gasteiger partial charge < -0.3 is 11.1 Å². The number of hydrogen-bond acceptors (Lipinski definition) is 3. The molecule has 0 aliphatic heterocycles. The molecule has 106 valence electrons. The summed E-state index contributed by atoms with van der Waals surface area (Å²) in [6, 6.07) is 9.16. The van der Waals surface area contributed by atoms with E-state index < -0.39 is 11.7 Å². The number of rotatable bonds is 2. The third-order valence-corrected chi connectivity index (χ3v) is 3.67. The largest absolute Gasteiger partial charge is 0.399 e. The van der Waals surface area contributed by atoms with E-state index in [9.17, 15) is 9.18 Å². The first-order valence-corrected chi connectivity index (χ1v) is 6.84. The van der Waals surface area contributed by atoms with Crippen molar-refractivity contribution in [1.82, 2.24) is 10.2 Å². The molecule has 5 nitrogen and oxygen atoms in total. The molecule has 0 saturated heterocycles. The quantitative estimate of drug-likeness (QED) is 0.621. The molecule has 4 N–H and O–H groups in total. The van der Waals surface area contributed by atoms with Gasteiger partial charge in [0, 0.05) is 15.5 Å². The van der Waals surface area contributed by atoms with Gasteiger partial charge in [-0.25, -0.2) is 4.39 Å². The number of nitrogen functional groups attached to an aromatic ring is 1. The van der Waals surface area contributed by atoms with E-state index >= 15 is 0 Å². The van der Waals surface area contributed by atoms with Crippen molar-refractivity contribution in [3.8, 4) is 0 Å². The van der Waals surface area contributed by atoms with Crippen LogP contribution >= 0.6 is 15.9 Å². The van der Waals surface area contributed by atoms with Crippen LogP contribution in [0.3, 0.4) is 0 Å². The Morgan fingerprint density at radius 2 is 2.10 bits per heavy atom. The molecule has 0 aliphatic rings. The van der Waals surface area contributed by atoms with Gasteiger partial charge in [0.25, 0.3) is 5.91 Å². The average Bonchev–Trinajstić information content (AvgIpc) is 2.85. The van der Waals surface area contributed by atoms with Crippen molar-refractivity contribution < 1.29 is 9.18 Å². The number of nitrogens with zero attached hydrogens (tertiary/aromatic N) is 1. The Labute approximate surface area is 127 Å². The molecule has 0 unspecified atom stereocenters. The Balaban J connectivity index is 1.97. The summed E-state index contributed by atoms with van der Waals surface area (Å²) in [6.45, 7) is 0. The zero-order valence-electron chi connectivity index (χ0n) is 10.7. The highest BCUT2D eigenvalue weighted by Gasteiger charge is 2.15. The van der Waals surface area contributed by atoms with E-state index in [4.69, 9.17) is 5.73 Å². The molecule has 1 amide bonds. The molecule has 3 rings (SSSR count). The highest BCUT2D eigenvalue weighted by molar-refractivity contribution is 9.10. The molecule has 1 aromatic heterocycles. The van der Waals surface area contributed by atoms with Gasteiger partial charge in [0.2, 0.25) is 0 Å². The van der Waals surface area contributed by atoms with Crippen LogP contribution in [-0.2, 0) is 0 Å². The number of benzene rings is 2. The van der Waals surface area contributed by atoms with Crippen LogP contribution in [-0.4, -0.2) is 16.1 Å². The van der Waals surface area contributed by atoms with Gasteiger partial charge >= 0.3 is 0 Å². The number of aromatic amines is 1. The number of nitrogens with two attached hydrogens (primary N) is 1. The molecule has 21 heavy (non-hydrogen) atoms. The molecular weight excluding hydrogens is 339 g/mol. The molecule has 0 atom stereocenters. The number of carbonyl (C=O) groups is 1. The van der Waals surface area contributed by atoms with Crippen molar-refractivity contribution in [2.45, 2.75) is 0 Å². The molecule has 2 aromatic carbocycles. The summed E-state index contributed by atoms with van der Waals surface area (Å²) in [5, 5.41) is 9.97. The van der Waals surface area contributed by atoms with Gasteiger partial charge in [-0.2, -0.15) is 5.10 Å². The van der Waals surface area contributed by atoms with Crippen molar-refractivity contribution in [3.05, 3.63) is 52.4 Å². The molecule has 0 spiro atoms. The maximum Gasteiger partial charge on any atom is 0.276 e. The smallest absolute Gasteiger partial charge is 0.276 e. The second-order valence-electron chi connectivity index (χ2n) is 4.46. The molecule has 0 fully saturated rings. The second-order valence-corrected chi connectivity index (χ2v) is 5.31. The fraction of sp³-hybridized carbons (Fsp3) is 0. The van der Waals surface area contributed by atoms with Crippen LogP contribution in [0.2, 0.25) is 0 Å². The number of anilines is 2. The van der Waals surface area contributed by atoms with E-state index in [1.807, 2.05) is 0 Å². The van der Waals surface area contributed by atoms with Crippen LogP contribution in [0, 0.1) is 5.82 Å². The summed E-state index contributed by atoms with van der Waals surface area (Å²) in [4.78, 5) is 12.3. The van der Waals surface area contributed by atoms with Crippen molar-refractivity contribution >= 4 is 44.1 Å². The lowest BCUT2D eigenvalue weighted by atomic mass is 10.2. The van der Waals surface area contributed by atoms with Gasteiger partial charge in [0.15, 0.2) is 5.69 Å². The van der Waals surface area contributed by atoms with Crippen LogP contribution in [0.1, 0.15) is 10.5 Å². The van der Waals surface area contributed by atoms with Crippen molar-refractivity contribution in [2.24, 2.45) is 0 Å². The lowest BCUT2D eigenvalue weighted by Crippen LogP contribution is -2.13. The minimum absolute atomic E-state index is 0.202. The van der Waals surface area contributed by atoms with Crippen LogP contribution < -0.4 is 11.1 Å². The predicted molar refractivity (Wildman–Crippen MR) is 82.6 cm³/mol. The van der Waals surface area contributed by atoms with Gasteiger partial charge in [-0.3, -0.25) is 9.89 Å². The minimum Gasteiger partial charge on any atom is -0.399 e. The van der Waals surface area contributed by atoms with Crippen LogP contribution in [0.25, 0.3) is 10.9 Å². The number of aromatic nitrogens is 2. The van der Waals surface area contributed by atoms with E-state index in [2.05, 4.69) is 31.4 Å². The first-order valence-electron chi connectivity index (χ1n) is 6.04. The second kappa shape index (κ2) is 5.17. The van der Waals surface area contributed by atoms with E-state index in [0.717, 1.165) is 0 Å². The van der Waals surface area contributed by atoms with Crippen molar-refractivity contribution in [1.29, 1.82) is 0 Å². The normalized spacial score (nSPS) is 10.8. The van der Waals surface area contributed by atoms with Gasteiger partial charge in [-0.1, -0.05) is 0 Å². The van der Waals surface area contributed by atoms with Gasteiger partial charge in [0.1, 0.15) is 5.82 Å². The Kier molecular flexibility index (Phi) is 3.34. The lowest BCUT2D eigenvalue weighted by molar-refractivity contribution is 0.102. The van der Waals surface area contributed by atoms with Crippen LogP contribution in [0.15, 0.2) is 40.9 Å². The number of amides is 1. The third kappa shape index (κ3) is 2.59. The number of hydrogen-bond donors (Lipinski definition) is 3. The predicted octanol–water partition coefficient (Wildman–Crippen LogP) is 3.30. The summed E-state index contributed by atoms with van der Waals surface area (Å²) >= 11 is 3.25. The van der Waals surface area contributed by atoms with E-state index in [-0.39, 0.29) is 5.69 Å². The molecular formula is C14H10BrFN4O. The van der Waals surface area contributed by atoms with E-state index in [0.29, 0.717) is 26.8 Å². The molecule has 7 heteroatoms. The van der Waals surface area contributed by atoms with Crippen molar-refractivity contribution in [3.63, 3.8) is 0 Å². The third-order valence-electron chi connectivity index (χ3n) is 2.98. The average molecular weight is 349 g/mol. The fourth-order valence-corrected chi connectivity index (χ4v) is 2.33. The van der Waals surface area contributed by atoms with Crippen LogP contribution in [0.4, 0.5) is 15.8 Å². The molecule has 0 radical (unpaired) electrons. The van der Waals surface area contributed by atoms with E-state index in [1.165, 1.54) is 18.2 Å². The topological polar surface area (TPSA) is 83.8 Å². The molecule has 0 aliphatic carbocycles. The minimum atomic E-state index is -0.446. The summed E-state index contributed by atoms with van der Waals surface area (Å²) in [6.07, 6.45) is 0.